The molecule has 154 valence electrons. The summed E-state index contributed by atoms with van der Waals surface area (Å²) in [5.41, 5.74) is 6.47. The van der Waals surface area contributed by atoms with Crippen molar-refractivity contribution in [1.29, 1.82) is 0 Å². The molecule has 4 rings (SSSR count). The zero-order valence-corrected chi connectivity index (χ0v) is 17.5. The Hall–Kier alpha value is -1.48. The molecule has 1 aliphatic carbocycles. The van der Waals surface area contributed by atoms with E-state index in [1.54, 1.807) is 28.6 Å². The number of aromatic nitrogens is 2. The van der Waals surface area contributed by atoms with Crippen LogP contribution in [-0.4, -0.2) is 36.0 Å². The van der Waals surface area contributed by atoms with Gasteiger partial charge in [0.25, 0.3) is 5.89 Å². The van der Waals surface area contributed by atoms with Crippen LogP contribution >= 0.6 is 12.4 Å². The lowest BCUT2D eigenvalue weighted by Crippen LogP contribution is -2.34. The van der Waals surface area contributed by atoms with Gasteiger partial charge in [-0.2, -0.15) is 9.29 Å². The minimum absolute atomic E-state index is 0. The van der Waals surface area contributed by atoms with Gasteiger partial charge in [0.15, 0.2) is 5.82 Å². The second-order valence-electron chi connectivity index (χ2n) is 7.63. The Morgan fingerprint density at radius 1 is 1.04 bits per heavy atom. The number of hydrogen-bond donors (Lipinski definition) is 1. The molecule has 2 fully saturated rings. The van der Waals surface area contributed by atoms with E-state index in [2.05, 4.69) is 10.1 Å². The molecule has 1 saturated heterocycles. The van der Waals surface area contributed by atoms with Crippen LogP contribution in [-0.2, 0) is 15.6 Å². The van der Waals surface area contributed by atoms with Crippen LogP contribution in [0.4, 0.5) is 0 Å². The van der Waals surface area contributed by atoms with Crippen molar-refractivity contribution in [2.75, 3.05) is 13.1 Å². The van der Waals surface area contributed by atoms with Crippen molar-refractivity contribution in [3.8, 4) is 11.5 Å². The first-order chi connectivity index (χ1) is 13.0. The van der Waals surface area contributed by atoms with Gasteiger partial charge in [-0.25, -0.2) is 8.42 Å². The fourth-order valence-corrected chi connectivity index (χ4v) is 5.56. The Labute approximate surface area is 172 Å². The molecule has 2 N–H and O–H groups in total. The molecule has 2 heterocycles. The maximum Gasteiger partial charge on any atom is 0.258 e. The predicted octanol–water partition coefficient (Wildman–Crippen LogP) is 3.45. The molecule has 2 aromatic rings. The lowest BCUT2D eigenvalue weighted by molar-refractivity contribution is 0.372. The first kappa shape index (κ1) is 21.2. The van der Waals surface area contributed by atoms with Crippen LogP contribution in [0.1, 0.15) is 57.2 Å². The average Bonchev–Trinajstić information content (AvgIpc) is 3.25. The molecule has 7 nitrogen and oxygen atoms in total. The van der Waals surface area contributed by atoms with Crippen LogP contribution in [0.3, 0.4) is 0 Å². The third-order valence-corrected chi connectivity index (χ3v) is 7.55. The van der Waals surface area contributed by atoms with Gasteiger partial charge in [-0.15, -0.1) is 12.4 Å². The summed E-state index contributed by atoms with van der Waals surface area (Å²) in [6, 6.07) is 6.76. The largest absolute Gasteiger partial charge is 0.334 e. The highest BCUT2D eigenvalue weighted by atomic mass is 35.5. The molecule has 1 aromatic heterocycles. The molecule has 1 saturated carbocycles. The van der Waals surface area contributed by atoms with Crippen LogP contribution in [0.25, 0.3) is 11.5 Å². The molecular weight excluding hydrogens is 400 g/mol. The standard InChI is InChI=1S/C19H26N4O3S.ClH/c20-19(10-3-4-11-19)18-21-17(26-22-18)15-8-7-9-16(14-15)27(24,25)23-12-5-1-2-6-13-23;/h7-9,14H,1-6,10-13,20H2;1H. The minimum Gasteiger partial charge on any atom is -0.334 e. The maximum atomic E-state index is 13.0. The van der Waals surface area contributed by atoms with E-state index in [9.17, 15) is 8.42 Å². The SMILES string of the molecule is Cl.NC1(c2noc(-c3cccc(S(=O)(=O)N4CCCCCC4)c3)n2)CCCC1. The highest BCUT2D eigenvalue weighted by molar-refractivity contribution is 7.89. The van der Waals surface area contributed by atoms with E-state index in [0.717, 1.165) is 51.4 Å². The normalized spacial score (nSPS) is 20.5. The van der Waals surface area contributed by atoms with E-state index in [4.69, 9.17) is 10.3 Å². The van der Waals surface area contributed by atoms with Crippen molar-refractivity contribution in [3.05, 3.63) is 30.1 Å². The Balaban J connectivity index is 0.00000225. The molecular formula is C19H27ClN4O3S. The van der Waals surface area contributed by atoms with E-state index in [-0.39, 0.29) is 17.3 Å². The van der Waals surface area contributed by atoms with Crippen molar-refractivity contribution in [2.45, 2.75) is 61.8 Å². The smallest absolute Gasteiger partial charge is 0.258 e. The molecule has 28 heavy (non-hydrogen) atoms. The molecule has 0 radical (unpaired) electrons. The van der Waals surface area contributed by atoms with Gasteiger partial charge in [0.2, 0.25) is 10.0 Å². The number of benzene rings is 1. The molecule has 0 unspecified atom stereocenters. The van der Waals surface area contributed by atoms with Crippen molar-refractivity contribution in [2.24, 2.45) is 5.73 Å². The Morgan fingerprint density at radius 3 is 2.39 bits per heavy atom. The fraction of sp³-hybridized carbons (Fsp3) is 0.579. The summed E-state index contributed by atoms with van der Waals surface area (Å²) >= 11 is 0. The van der Waals surface area contributed by atoms with Crippen molar-refractivity contribution < 1.29 is 12.9 Å². The summed E-state index contributed by atoms with van der Waals surface area (Å²) in [5, 5.41) is 4.07. The quantitative estimate of drug-likeness (QED) is 0.803. The van der Waals surface area contributed by atoms with Crippen LogP contribution in [0, 0.1) is 0 Å². The molecule has 0 spiro atoms. The molecule has 1 aliphatic heterocycles. The van der Waals surface area contributed by atoms with Gasteiger partial charge in [0, 0.05) is 18.7 Å². The first-order valence-electron chi connectivity index (χ1n) is 9.73. The number of rotatable bonds is 4. The van der Waals surface area contributed by atoms with E-state index >= 15 is 0 Å². The van der Waals surface area contributed by atoms with Crippen LogP contribution in [0.2, 0.25) is 0 Å². The van der Waals surface area contributed by atoms with Gasteiger partial charge in [0.1, 0.15) is 0 Å². The van der Waals surface area contributed by atoms with Gasteiger partial charge >= 0.3 is 0 Å². The van der Waals surface area contributed by atoms with Gasteiger partial charge in [-0.3, -0.25) is 0 Å². The Bertz CT molecular complexity index is 901. The van der Waals surface area contributed by atoms with Crippen LogP contribution in [0.15, 0.2) is 33.7 Å². The second-order valence-corrected chi connectivity index (χ2v) is 9.57. The van der Waals surface area contributed by atoms with Crippen LogP contribution in [0.5, 0.6) is 0 Å². The third kappa shape index (κ3) is 4.10. The third-order valence-electron chi connectivity index (χ3n) is 5.65. The van der Waals surface area contributed by atoms with Crippen molar-refractivity contribution >= 4 is 22.4 Å². The number of nitrogens with zero attached hydrogens (tertiary/aromatic N) is 3. The number of nitrogens with two attached hydrogens (primary N) is 1. The highest BCUT2D eigenvalue weighted by Crippen LogP contribution is 2.35. The molecule has 9 heteroatoms. The predicted molar refractivity (Wildman–Crippen MR) is 109 cm³/mol. The summed E-state index contributed by atoms with van der Waals surface area (Å²) in [7, 11) is -3.52. The molecule has 0 amide bonds. The lowest BCUT2D eigenvalue weighted by Gasteiger charge is -2.20. The van der Waals surface area contributed by atoms with E-state index in [0.29, 0.717) is 30.4 Å². The van der Waals surface area contributed by atoms with E-state index in [1.807, 2.05) is 0 Å². The monoisotopic (exact) mass is 426 g/mol. The van der Waals surface area contributed by atoms with E-state index in [1.165, 1.54) is 0 Å². The summed E-state index contributed by atoms with van der Waals surface area (Å²) in [6.45, 7) is 1.15. The van der Waals surface area contributed by atoms with Gasteiger partial charge < -0.3 is 10.3 Å². The zero-order chi connectivity index (χ0) is 18.9. The van der Waals surface area contributed by atoms with Crippen molar-refractivity contribution in [1.82, 2.24) is 14.4 Å². The molecule has 2 aliphatic rings. The van der Waals surface area contributed by atoms with Gasteiger partial charge in [-0.1, -0.05) is 36.9 Å². The number of sulfonamides is 1. The molecule has 0 atom stereocenters. The maximum absolute atomic E-state index is 13.0. The molecule has 1 aromatic carbocycles. The highest BCUT2D eigenvalue weighted by Gasteiger charge is 2.36. The Kier molecular flexibility index (Phi) is 6.44. The first-order valence-corrected chi connectivity index (χ1v) is 11.2. The summed E-state index contributed by atoms with van der Waals surface area (Å²) in [6.07, 6.45) is 7.78. The number of hydrogen-bond acceptors (Lipinski definition) is 6. The summed E-state index contributed by atoms with van der Waals surface area (Å²) < 4.78 is 33.1. The Morgan fingerprint density at radius 2 is 1.71 bits per heavy atom. The topological polar surface area (TPSA) is 102 Å². The lowest BCUT2D eigenvalue weighted by atomic mass is 9.99. The average molecular weight is 427 g/mol. The van der Waals surface area contributed by atoms with Crippen LogP contribution < -0.4 is 5.73 Å². The number of halogens is 1. The zero-order valence-electron chi connectivity index (χ0n) is 15.8. The van der Waals surface area contributed by atoms with E-state index < -0.39 is 15.6 Å². The second kappa shape index (κ2) is 8.49. The summed E-state index contributed by atoms with van der Waals surface area (Å²) in [5.74, 6) is 0.824. The van der Waals surface area contributed by atoms with Gasteiger partial charge in [0.05, 0.1) is 10.4 Å². The fourth-order valence-electron chi connectivity index (χ4n) is 3.99. The summed E-state index contributed by atoms with van der Waals surface area (Å²) in [4.78, 5) is 4.74. The molecule has 0 bridgehead atoms. The van der Waals surface area contributed by atoms with Gasteiger partial charge in [-0.05, 0) is 43.9 Å². The minimum atomic E-state index is -3.52. The van der Waals surface area contributed by atoms with Crippen molar-refractivity contribution in [3.63, 3.8) is 0 Å².